The van der Waals surface area contributed by atoms with Crippen molar-refractivity contribution in [3.8, 4) is 0 Å². The van der Waals surface area contributed by atoms with Crippen molar-refractivity contribution in [2.75, 3.05) is 31.6 Å². The first kappa shape index (κ1) is 22.8. The van der Waals surface area contributed by atoms with Gasteiger partial charge in [-0.1, -0.05) is 42.5 Å². The molecule has 2 aliphatic heterocycles. The van der Waals surface area contributed by atoms with Crippen molar-refractivity contribution in [2.45, 2.75) is 43.8 Å². The van der Waals surface area contributed by atoms with Crippen LogP contribution in [0.15, 0.2) is 54.6 Å². The highest BCUT2D eigenvalue weighted by molar-refractivity contribution is 5.93. The molecule has 2 fully saturated rings. The van der Waals surface area contributed by atoms with E-state index in [0.29, 0.717) is 26.3 Å². The van der Waals surface area contributed by atoms with Crippen LogP contribution in [0.3, 0.4) is 0 Å². The van der Waals surface area contributed by atoms with Crippen molar-refractivity contribution in [1.29, 1.82) is 0 Å². The number of nitrogens with zero attached hydrogens (tertiary/aromatic N) is 1. The minimum absolute atomic E-state index is 0.00648. The largest absolute Gasteiger partial charge is 0.418 e. The average Bonchev–Trinajstić information content (AvgIpc) is 3.24. The van der Waals surface area contributed by atoms with Crippen LogP contribution in [0.1, 0.15) is 30.4 Å². The summed E-state index contributed by atoms with van der Waals surface area (Å²) in [5, 5.41) is 2.43. The van der Waals surface area contributed by atoms with Gasteiger partial charge < -0.3 is 14.8 Å². The van der Waals surface area contributed by atoms with Gasteiger partial charge in [-0.15, -0.1) is 0 Å². The second-order valence-corrected chi connectivity index (χ2v) is 8.38. The summed E-state index contributed by atoms with van der Waals surface area (Å²) in [6.07, 6.45) is -2.14. The van der Waals surface area contributed by atoms with Crippen molar-refractivity contribution in [3.05, 3.63) is 65.7 Å². The van der Waals surface area contributed by atoms with E-state index in [4.69, 9.17) is 9.47 Å². The van der Waals surface area contributed by atoms with E-state index in [9.17, 15) is 18.0 Å². The first-order valence-corrected chi connectivity index (χ1v) is 10.8. The smallest absolute Gasteiger partial charge is 0.372 e. The van der Waals surface area contributed by atoms with Gasteiger partial charge >= 0.3 is 6.18 Å². The molecule has 1 spiro atoms. The standard InChI is InChI=1S/C24H27F3N2O3/c25-24(26,27)19-9-4-5-10-20(19)28-22(30)16-29-13-12-23(11-6-14-32-23)21(15-29)31-17-18-7-2-1-3-8-18/h1-5,7-10,21H,6,11-17H2,(H,28,30)/t21-,23-/m1/s1. The summed E-state index contributed by atoms with van der Waals surface area (Å²) in [6.45, 7) is 2.24. The fourth-order valence-electron chi connectivity index (χ4n) is 4.52. The number of anilines is 1. The molecule has 0 unspecified atom stereocenters. The highest BCUT2D eigenvalue weighted by Gasteiger charge is 2.47. The third-order valence-electron chi connectivity index (χ3n) is 6.16. The molecule has 4 rings (SSSR count). The van der Waals surface area contributed by atoms with E-state index in [1.165, 1.54) is 18.2 Å². The molecule has 8 heteroatoms. The monoisotopic (exact) mass is 448 g/mol. The third kappa shape index (κ3) is 5.31. The summed E-state index contributed by atoms with van der Waals surface area (Å²) < 4.78 is 52.0. The Hall–Kier alpha value is -2.42. The number of hydrogen-bond acceptors (Lipinski definition) is 4. The van der Waals surface area contributed by atoms with Crippen molar-refractivity contribution < 1.29 is 27.4 Å². The second-order valence-electron chi connectivity index (χ2n) is 8.38. The molecule has 0 bridgehead atoms. The molecule has 2 atom stereocenters. The topological polar surface area (TPSA) is 50.8 Å². The molecular weight excluding hydrogens is 421 g/mol. The lowest BCUT2D eigenvalue weighted by Crippen LogP contribution is -2.57. The Morgan fingerprint density at radius 2 is 1.88 bits per heavy atom. The number of piperidine rings is 1. The number of ether oxygens (including phenoxy) is 2. The molecule has 2 aromatic rings. The third-order valence-corrected chi connectivity index (χ3v) is 6.16. The minimum atomic E-state index is -4.53. The summed E-state index contributed by atoms with van der Waals surface area (Å²) in [6, 6.07) is 14.9. The zero-order valence-electron chi connectivity index (χ0n) is 17.7. The van der Waals surface area contributed by atoms with Crippen LogP contribution in [0.4, 0.5) is 18.9 Å². The van der Waals surface area contributed by atoms with Gasteiger partial charge in [0.15, 0.2) is 0 Å². The number of nitrogens with one attached hydrogen (secondary N) is 1. The molecule has 2 aliphatic rings. The number of likely N-dealkylation sites (tertiary alicyclic amines) is 1. The summed E-state index contributed by atoms with van der Waals surface area (Å²) in [5.74, 6) is -0.480. The van der Waals surface area contributed by atoms with Crippen molar-refractivity contribution in [2.24, 2.45) is 0 Å². The zero-order chi connectivity index (χ0) is 22.6. The Balaban J connectivity index is 1.40. The maximum Gasteiger partial charge on any atom is 0.418 e. The Bertz CT molecular complexity index is 914. The first-order chi connectivity index (χ1) is 15.4. The van der Waals surface area contributed by atoms with E-state index in [1.54, 1.807) is 0 Å². The number of carbonyl (C=O) groups is 1. The number of alkyl halides is 3. The molecule has 2 saturated heterocycles. The number of halogens is 3. The molecule has 172 valence electrons. The maximum absolute atomic E-state index is 13.2. The predicted molar refractivity (Wildman–Crippen MR) is 114 cm³/mol. The van der Waals surface area contributed by atoms with E-state index >= 15 is 0 Å². The number of hydrogen-bond donors (Lipinski definition) is 1. The van der Waals surface area contributed by atoms with Gasteiger partial charge in [0.2, 0.25) is 5.91 Å². The number of carbonyl (C=O) groups excluding carboxylic acids is 1. The normalized spacial score (nSPS) is 24.0. The van der Waals surface area contributed by atoms with Crippen LogP contribution in [0, 0.1) is 0 Å². The van der Waals surface area contributed by atoms with E-state index in [2.05, 4.69) is 5.32 Å². The van der Waals surface area contributed by atoms with Crippen LogP contribution in [0.5, 0.6) is 0 Å². The number of rotatable bonds is 6. The van der Waals surface area contributed by atoms with Gasteiger partial charge in [0.05, 0.1) is 36.1 Å². The second kappa shape index (κ2) is 9.60. The van der Waals surface area contributed by atoms with E-state index in [1.807, 2.05) is 35.2 Å². The molecule has 5 nitrogen and oxygen atoms in total. The molecule has 0 aromatic heterocycles. The summed E-state index contributed by atoms with van der Waals surface area (Å²) in [4.78, 5) is 14.5. The Morgan fingerprint density at radius 1 is 1.12 bits per heavy atom. The molecule has 0 aliphatic carbocycles. The number of para-hydroxylation sites is 1. The van der Waals surface area contributed by atoms with Gasteiger partial charge in [-0.25, -0.2) is 0 Å². The molecule has 2 heterocycles. The minimum Gasteiger partial charge on any atom is -0.372 e. The molecule has 2 aromatic carbocycles. The highest BCUT2D eigenvalue weighted by Crippen LogP contribution is 2.38. The molecule has 1 amide bonds. The van der Waals surface area contributed by atoms with Crippen LogP contribution in [0.25, 0.3) is 0 Å². The number of amides is 1. The van der Waals surface area contributed by atoms with Crippen molar-refractivity contribution >= 4 is 11.6 Å². The van der Waals surface area contributed by atoms with Crippen LogP contribution >= 0.6 is 0 Å². The number of benzene rings is 2. The lowest BCUT2D eigenvalue weighted by molar-refractivity contribution is -0.159. The fraction of sp³-hybridized carbons (Fsp3) is 0.458. The molecule has 32 heavy (non-hydrogen) atoms. The molecule has 0 saturated carbocycles. The highest BCUT2D eigenvalue weighted by atomic mass is 19.4. The van der Waals surface area contributed by atoms with Gasteiger partial charge in [-0.2, -0.15) is 13.2 Å². The Kier molecular flexibility index (Phi) is 6.83. The van der Waals surface area contributed by atoms with Crippen molar-refractivity contribution in [1.82, 2.24) is 4.90 Å². The van der Waals surface area contributed by atoms with Gasteiger partial charge in [0, 0.05) is 19.7 Å². The lowest BCUT2D eigenvalue weighted by Gasteiger charge is -2.44. The SMILES string of the molecule is O=C(CN1CC[C@]2(CCCO2)[C@H](OCc2ccccc2)C1)Nc1ccccc1C(F)(F)F. The van der Waals surface area contributed by atoms with E-state index < -0.39 is 17.6 Å². The van der Waals surface area contributed by atoms with E-state index in [0.717, 1.165) is 30.9 Å². The van der Waals surface area contributed by atoms with Gasteiger partial charge in [0.25, 0.3) is 0 Å². The van der Waals surface area contributed by atoms with Crippen LogP contribution < -0.4 is 5.32 Å². The van der Waals surface area contributed by atoms with Crippen LogP contribution in [-0.4, -0.2) is 48.8 Å². The average molecular weight is 448 g/mol. The Labute approximate surface area is 185 Å². The quantitative estimate of drug-likeness (QED) is 0.708. The summed E-state index contributed by atoms with van der Waals surface area (Å²) >= 11 is 0. The molecular formula is C24H27F3N2O3. The molecule has 1 N–H and O–H groups in total. The zero-order valence-corrected chi connectivity index (χ0v) is 17.7. The maximum atomic E-state index is 13.2. The predicted octanol–water partition coefficient (Wildman–Crippen LogP) is 4.48. The van der Waals surface area contributed by atoms with E-state index in [-0.39, 0.29) is 23.9 Å². The summed E-state index contributed by atoms with van der Waals surface area (Å²) in [7, 11) is 0. The summed E-state index contributed by atoms with van der Waals surface area (Å²) in [5.41, 5.74) is -0.381. The van der Waals surface area contributed by atoms with Gasteiger partial charge in [-0.3, -0.25) is 9.69 Å². The van der Waals surface area contributed by atoms with Crippen LogP contribution in [0.2, 0.25) is 0 Å². The lowest BCUT2D eigenvalue weighted by atomic mass is 9.85. The Morgan fingerprint density at radius 3 is 2.59 bits per heavy atom. The molecule has 0 radical (unpaired) electrons. The van der Waals surface area contributed by atoms with Gasteiger partial charge in [-0.05, 0) is 37.0 Å². The fourth-order valence-corrected chi connectivity index (χ4v) is 4.52. The van der Waals surface area contributed by atoms with Gasteiger partial charge in [0.1, 0.15) is 0 Å². The van der Waals surface area contributed by atoms with Crippen molar-refractivity contribution in [3.63, 3.8) is 0 Å². The van der Waals surface area contributed by atoms with Crippen LogP contribution in [-0.2, 0) is 27.1 Å². The first-order valence-electron chi connectivity index (χ1n) is 10.8.